The highest BCUT2D eigenvalue weighted by Crippen LogP contribution is 2.22. The number of amides is 1. The van der Waals surface area contributed by atoms with Gasteiger partial charge in [-0.05, 0) is 51.5 Å². The minimum absolute atomic E-state index is 0.334. The number of ether oxygens (including phenoxy) is 1. The van der Waals surface area contributed by atoms with Crippen molar-refractivity contribution in [3.05, 3.63) is 59.7 Å². The molecule has 0 bridgehead atoms. The zero-order valence-corrected chi connectivity index (χ0v) is 19.2. The van der Waals surface area contributed by atoms with E-state index < -0.39 is 32.7 Å². The van der Waals surface area contributed by atoms with Gasteiger partial charge in [-0.15, -0.1) is 0 Å². The maximum Gasteiger partial charge on any atom is 0.411 e. The third kappa shape index (κ3) is 6.55. The zero-order valence-electron chi connectivity index (χ0n) is 18.4. The van der Waals surface area contributed by atoms with Gasteiger partial charge in [-0.2, -0.15) is 0 Å². The highest BCUT2D eigenvalue weighted by atomic mass is 32.2. The fourth-order valence-corrected chi connectivity index (χ4v) is 4.28. The number of Topliss-reactive ketones (excluding diaryl/α,β-unsaturated/α-hetero) is 1. The van der Waals surface area contributed by atoms with Crippen LogP contribution in [0.15, 0.2) is 48.5 Å². The summed E-state index contributed by atoms with van der Waals surface area (Å²) in [5.41, 5.74) is 2.86. The minimum atomic E-state index is -3.77. The van der Waals surface area contributed by atoms with Crippen LogP contribution in [0, 0.1) is 6.92 Å². The third-order valence-corrected chi connectivity index (χ3v) is 7.17. The van der Waals surface area contributed by atoms with Gasteiger partial charge in [0.15, 0.2) is 15.6 Å². The second kappa shape index (κ2) is 10.9. The number of aryl methyl sites for hydroxylation is 1. The Morgan fingerprint density at radius 2 is 1.71 bits per heavy atom. The minimum Gasteiger partial charge on any atom is -0.448 e. The number of carbonyl (C=O) groups is 2. The van der Waals surface area contributed by atoms with Crippen LogP contribution in [0.4, 0.5) is 16.2 Å². The Hall–Kier alpha value is -2.87. The van der Waals surface area contributed by atoms with Gasteiger partial charge < -0.3 is 9.64 Å². The standard InChI is InChI=1S/C23H30N2O5S/c1-5-25(6-2)20-12-13-21(17(3)16-20)24-23(27)30-14-15-31(28,29)18(4)22(26)19-10-8-7-9-11-19/h7-13,16,18H,5-6,14-15H2,1-4H3,(H,24,27). The number of hydrogen-bond acceptors (Lipinski definition) is 6. The molecule has 0 aliphatic heterocycles. The number of nitrogens with one attached hydrogen (secondary N) is 1. The first-order valence-electron chi connectivity index (χ1n) is 10.3. The van der Waals surface area contributed by atoms with Crippen molar-refractivity contribution in [2.45, 2.75) is 32.9 Å². The largest absolute Gasteiger partial charge is 0.448 e. The van der Waals surface area contributed by atoms with Gasteiger partial charge in [0, 0.05) is 30.0 Å². The fraction of sp³-hybridized carbons (Fsp3) is 0.391. The summed E-state index contributed by atoms with van der Waals surface area (Å²) in [6, 6.07) is 13.9. The Labute approximate surface area is 184 Å². The smallest absolute Gasteiger partial charge is 0.411 e. The summed E-state index contributed by atoms with van der Waals surface area (Å²) in [5.74, 6) is -0.908. The van der Waals surface area contributed by atoms with Gasteiger partial charge in [-0.25, -0.2) is 13.2 Å². The maximum absolute atomic E-state index is 12.5. The molecule has 1 amide bonds. The van der Waals surface area contributed by atoms with E-state index in [1.807, 2.05) is 19.1 Å². The average Bonchev–Trinajstić information content (AvgIpc) is 2.75. The van der Waals surface area contributed by atoms with Crippen molar-refractivity contribution >= 4 is 33.1 Å². The van der Waals surface area contributed by atoms with Crippen molar-refractivity contribution in [1.29, 1.82) is 0 Å². The van der Waals surface area contributed by atoms with Crippen LogP contribution >= 0.6 is 0 Å². The molecule has 2 aromatic carbocycles. The van der Waals surface area contributed by atoms with Gasteiger partial charge in [0.2, 0.25) is 0 Å². The Morgan fingerprint density at radius 3 is 2.29 bits per heavy atom. The Kier molecular flexibility index (Phi) is 8.62. The van der Waals surface area contributed by atoms with Crippen molar-refractivity contribution in [2.75, 3.05) is 35.7 Å². The van der Waals surface area contributed by atoms with Crippen LogP contribution in [0.1, 0.15) is 36.7 Å². The Bertz CT molecular complexity index is 1000. The van der Waals surface area contributed by atoms with E-state index in [4.69, 9.17) is 4.74 Å². The summed E-state index contributed by atoms with van der Waals surface area (Å²) in [6.07, 6.45) is -0.740. The highest BCUT2D eigenvalue weighted by molar-refractivity contribution is 7.92. The van der Waals surface area contributed by atoms with E-state index in [-0.39, 0.29) is 6.61 Å². The molecular formula is C23H30N2O5S. The van der Waals surface area contributed by atoms with E-state index >= 15 is 0 Å². The first kappa shape index (κ1) is 24.4. The summed E-state index contributed by atoms with van der Waals surface area (Å²) < 4.78 is 30.0. The molecule has 1 unspecified atom stereocenters. The van der Waals surface area contributed by atoms with Crippen LogP contribution in [0.3, 0.4) is 0 Å². The molecule has 2 aromatic rings. The number of hydrogen-bond donors (Lipinski definition) is 1. The molecule has 168 valence electrons. The summed E-state index contributed by atoms with van der Waals surface area (Å²) in [7, 11) is -3.77. The second-order valence-corrected chi connectivity index (χ2v) is 9.61. The van der Waals surface area contributed by atoms with Crippen LogP contribution in [0.25, 0.3) is 0 Å². The normalized spacial score (nSPS) is 12.1. The number of nitrogens with zero attached hydrogens (tertiary/aromatic N) is 1. The van der Waals surface area contributed by atoms with Crippen molar-refractivity contribution in [3.8, 4) is 0 Å². The van der Waals surface area contributed by atoms with Crippen LogP contribution in [-0.2, 0) is 14.6 Å². The van der Waals surface area contributed by atoms with Crippen molar-refractivity contribution < 1.29 is 22.7 Å². The number of ketones is 1. The molecule has 7 nitrogen and oxygen atoms in total. The van der Waals surface area contributed by atoms with Crippen molar-refractivity contribution in [2.24, 2.45) is 0 Å². The van der Waals surface area contributed by atoms with Gasteiger partial charge in [-0.3, -0.25) is 10.1 Å². The van der Waals surface area contributed by atoms with E-state index in [2.05, 4.69) is 24.1 Å². The van der Waals surface area contributed by atoms with E-state index in [1.54, 1.807) is 36.4 Å². The topological polar surface area (TPSA) is 92.8 Å². The fourth-order valence-electron chi connectivity index (χ4n) is 3.15. The lowest BCUT2D eigenvalue weighted by molar-refractivity contribution is 0.0991. The molecule has 0 aliphatic rings. The summed E-state index contributed by atoms with van der Waals surface area (Å²) >= 11 is 0. The lowest BCUT2D eigenvalue weighted by Gasteiger charge is -2.22. The number of rotatable bonds is 10. The number of carbonyl (C=O) groups excluding carboxylic acids is 2. The van der Waals surface area contributed by atoms with E-state index in [1.165, 1.54) is 6.92 Å². The quantitative estimate of drug-likeness (QED) is 0.553. The molecule has 1 N–H and O–H groups in total. The van der Waals surface area contributed by atoms with Gasteiger partial charge in [0.25, 0.3) is 0 Å². The monoisotopic (exact) mass is 446 g/mol. The number of sulfone groups is 1. The van der Waals surface area contributed by atoms with Crippen LogP contribution in [0.5, 0.6) is 0 Å². The van der Waals surface area contributed by atoms with Gasteiger partial charge in [-0.1, -0.05) is 30.3 Å². The Morgan fingerprint density at radius 1 is 1.06 bits per heavy atom. The molecule has 2 rings (SSSR count). The summed E-state index contributed by atoms with van der Waals surface area (Å²) in [6.45, 7) is 8.80. The van der Waals surface area contributed by atoms with E-state index in [9.17, 15) is 18.0 Å². The first-order valence-corrected chi connectivity index (χ1v) is 12.0. The van der Waals surface area contributed by atoms with Crippen LogP contribution < -0.4 is 10.2 Å². The zero-order chi connectivity index (χ0) is 23.0. The summed E-state index contributed by atoms with van der Waals surface area (Å²) in [5, 5.41) is 1.42. The molecule has 0 heterocycles. The highest BCUT2D eigenvalue weighted by Gasteiger charge is 2.28. The molecule has 8 heteroatoms. The molecule has 0 spiro atoms. The summed E-state index contributed by atoms with van der Waals surface area (Å²) in [4.78, 5) is 26.7. The second-order valence-electron chi connectivity index (χ2n) is 7.17. The van der Waals surface area contributed by atoms with Crippen LogP contribution in [-0.4, -0.2) is 51.0 Å². The molecule has 0 fully saturated rings. The molecular weight excluding hydrogens is 416 g/mol. The molecule has 0 radical (unpaired) electrons. The molecule has 0 aliphatic carbocycles. The molecule has 0 saturated heterocycles. The lowest BCUT2D eigenvalue weighted by atomic mass is 10.1. The van der Waals surface area contributed by atoms with Gasteiger partial charge >= 0.3 is 6.09 Å². The van der Waals surface area contributed by atoms with Crippen molar-refractivity contribution in [1.82, 2.24) is 0 Å². The van der Waals surface area contributed by atoms with E-state index in [0.717, 1.165) is 24.3 Å². The predicted molar refractivity (Wildman–Crippen MR) is 124 cm³/mol. The SMILES string of the molecule is CCN(CC)c1ccc(NC(=O)OCCS(=O)(=O)C(C)C(=O)c2ccccc2)c(C)c1. The van der Waals surface area contributed by atoms with E-state index in [0.29, 0.717) is 11.3 Å². The molecule has 0 aromatic heterocycles. The van der Waals surface area contributed by atoms with Crippen molar-refractivity contribution in [3.63, 3.8) is 0 Å². The number of benzene rings is 2. The molecule has 1 atom stereocenters. The Balaban J connectivity index is 1.90. The van der Waals surface area contributed by atoms with Gasteiger partial charge in [0.1, 0.15) is 11.9 Å². The van der Waals surface area contributed by atoms with Crippen LogP contribution in [0.2, 0.25) is 0 Å². The third-order valence-electron chi connectivity index (χ3n) is 5.14. The maximum atomic E-state index is 12.5. The molecule has 31 heavy (non-hydrogen) atoms. The van der Waals surface area contributed by atoms with Gasteiger partial charge in [0.05, 0.1) is 5.75 Å². The number of anilines is 2. The molecule has 0 saturated carbocycles. The lowest BCUT2D eigenvalue weighted by Crippen LogP contribution is -2.31. The predicted octanol–water partition coefficient (Wildman–Crippen LogP) is 4.08. The first-order chi connectivity index (χ1) is 14.7. The average molecular weight is 447 g/mol.